The van der Waals surface area contributed by atoms with Gasteiger partial charge in [-0.2, -0.15) is 0 Å². The molecule has 1 aromatic rings. The lowest BCUT2D eigenvalue weighted by Crippen LogP contribution is -2.47. The Hall–Kier alpha value is -1.89. The highest BCUT2D eigenvalue weighted by atomic mass is 79.9. The van der Waals surface area contributed by atoms with E-state index in [2.05, 4.69) is 28.2 Å². The lowest BCUT2D eigenvalue weighted by Gasteiger charge is -2.33. The van der Waals surface area contributed by atoms with Gasteiger partial charge in [0, 0.05) is 42.8 Å². The maximum atomic E-state index is 13.0. The first kappa shape index (κ1) is 20.8. The van der Waals surface area contributed by atoms with Gasteiger partial charge in [0.15, 0.2) is 0 Å². The Morgan fingerprint density at radius 2 is 2.07 bits per heavy atom. The highest BCUT2D eigenvalue weighted by molar-refractivity contribution is 9.10. The molecule has 2 saturated heterocycles. The molecule has 2 atom stereocenters. The van der Waals surface area contributed by atoms with E-state index in [-0.39, 0.29) is 36.0 Å². The lowest BCUT2D eigenvalue weighted by molar-refractivity contribution is -0.139. The van der Waals surface area contributed by atoms with Crippen LogP contribution in [0.15, 0.2) is 28.7 Å². The third-order valence-corrected chi connectivity index (χ3v) is 6.02. The number of benzene rings is 1. The second-order valence-electron chi connectivity index (χ2n) is 7.65. The van der Waals surface area contributed by atoms with Gasteiger partial charge in [0.2, 0.25) is 17.7 Å². The standard InChI is InChI=1S/C21H28BrN3O3/c1-2-3-9-23-20(27)15-6-5-10-24(13-15)21(28)16-11-19(26)25(14-16)18-8-4-7-17(22)12-18/h4,7-8,12,15-16H,2-3,5-6,9-11,13-14H2,1H3,(H,23,27)/t15-,16-/m0/s1. The van der Waals surface area contributed by atoms with Gasteiger partial charge >= 0.3 is 0 Å². The van der Waals surface area contributed by atoms with E-state index in [1.807, 2.05) is 24.3 Å². The van der Waals surface area contributed by atoms with Crippen LogP contribution in [0.2, 0.25) is 0 Å². The molecule has 7 heteroatoms. The van der Waals surface area contributed by atoms with E-state index in [4.69, 9.17) is 0 Å². The number of halogens is 1. The minimum atomic E-state index is -0.339. The SMILES string of the molecule is CCCCNC(=O)[C@H]1CCCN(C(=O)[C@H]2CC(=O)N(c3cccc(Br)c3)C2)C1. The van der Waals surface area contributed by atoms with E-state index in [0.29, 0.717) is 26.2 Å². The van der Waals surface area contributed by atoms with Crippen molar-refractivity contribution in [1.82, 2.24) is 10.2 Å². The second-order valence-corrected chi connectivity index (χ2v) is 8.57. The van der Waals surface area contributed by atoms with Gasteiger partial charge in [0.1, 0.15) is 0 Å². The van der Waals surface area contributed by atoms with Gasteiger partial charge in [-0.3, -0.25) is 14.4 Å². The highest BCUT2D eigenvalue weighted by Crippen LogP contribution is 2.29. The van der Waals surface area contributed by atoms with Crippen molar-refractivity contribution in [2.24, 2.45) is 11.8 Å². The third kappa shape index (κ3) is 4.93. The number of hydrogen-bond acceptors (Lipinski definition) is 3. The van der Waals surface area contributed by atoms with Gasteiger partial charge in [0.05, 0.1) is 11.8 Å². The van der Waals surface area contributed by atoms with E-state index in [1.54, 1.807) is 9.80 Å². The van der Waals surface area contributed by atoms with Crippen molar-refractivity contribution < 1.29 is 14.4 Å². The average Bonchev–Trinajstić information content (AvgIpc) is 3.09. The second kappa shape index (κ2) is 9.54. The molecule has 0 aromatic heterocycles. The average molecular weight is 450 g/mol. The Labute approximate surface area is 174 Å². The maximum Gasteiger partial charge on any atom is 0.228 e. The monoisotopic (exact) mass is 449 g/mol. The fraction of sp³-hybridized carbons (Fsp3) is 0.571. The van der Waals surface area contributed by atoms with Crippen molar-refractivity contribution in [3.05, 3.63) is 28.7 Å². The zero-order chi connectivity index (χ0) is 20.1. The van der Waals surface area contributed by atoms with Crippen LogP contribution in [0.5, 0.6) is 0 Å². The Morgan fingerprint density at radius 3 is 2.82 bits per heavy atom. The molecule has 0 unspecified atom stereocenters. The predicted molar refractivity (Wildman–Crippen MR) is 112 cm³/mol. The molecule has 0 radical (unpaired) electrons. The number of hydrogen-bond donors (Lipinski definition) is 1. The Bertz CT molecular complexity index is 739. The first-order valence-electron chi connectivity index (χ1n) is 10.1. The summed E-state index contributed by atoms with van der Waals surface area (Å²) in [6.45, 7) is 4.31. The quantitative estimate of drug-likeness (QED) is 0.678. The van der Waals surface area contributed by atoms with Gasteiger partial charge in [-0.05, 0) is 37.5 Å². The molecule has 28 heavy (non-hydrogen) atoms. The van der Waals surface area contributed by atoms with Crippen molar-refractivity contribution in [3.63, 3.8) is 0 Å². The van der Waals surface area contributed by atoms with Crippen molar-refractivity contribution >= 4 is 39.3 Å². The molecule has 0 aliphatic carbocycles. The van der Waals surface area contributed by atoms with Crippen LogP contribution in [0.1, 0.15) is 39.0 Å². The van der Waals surface area contributed by atoms with Gasteiger partial charge < -0.3 is 15.1 Å². The maximum absolute atomic E-state index is 13.0. The molecule has 0 bridgehead atoms. The molecule has 3 rings (SSSR count). The summed E-state index contributed by atoms with van der Waals surface area (Å²) >= 11 is 3.43. The highest BCUT2D eigenvalue weighted by Gasteiger charge is 2.39. The summed E-state index contributed by atoms with van der Waals surface area (Å²) < 4.78 is 0.903. The summed E-state index contributed by atoms with van der Waals surface area (Å²) in [5, 5.41) is 2.98. The van der Waals surface area contributed by atoms with Gasteiger partial charge in [-0.15, -0.1) is 0 Å². The van der Waals surface area contributed by atoms with Gasteiger partial charge in [0.25, 0.3) is 0 Å². The summed E-state index contributed by atoms with van der Waals surface area (Å²) in [7, 11) is 0. The number of carbonyl (C=O) groups excluding carboxylic acids is 3. The van der Waals surface area contributed by atoms with E-state index >= 15 is 0 Å². The largest absolute Gasteiger partial charge is 0.356 e. The number of rotatable bonds is 6. The van der Waals surface area contributed by atoms with Gasteiger partial charge in [-0.25, -0.2) is 0 Å². The van der Waals surface area contributed by atoms with Crippen LogP contribution in [-0.4, -0.2) is 48.8 Å². The first-order valence-corrected chi connectivity index (χ1v) is 10.9. The number of carbonyl (C=O) groups is 3. The first-order chi connectivity index (χ1) is 13.5. The Balaban J connectivity index is 1.59. The zero-order valence-corrected chi connectivity index (χ0v) is 17.9. The molecule has 3 amide bonds. The van der Waals surface area contributed by atoms with Crippen LogP contribution in [0.25, 0.3) is 0 Å². The van der Waals surface area contributed by atoms with Crippen LogP contribution in [0, 0.1) is 11.8 Å². The van der Waals surface area contributed by atoms with Crippen LogP contribution in [0.4, 0.5) is 5.69 Å². The molecule has 6 nitrogen and oxygen atoms in total. The van der Waals surface area contributed by atoms with Crippen LogP contribution in [0.3, 0.4) is 0 Å². The van der Waals surface area contributed by atoms with Crippen LogP contribution in [-0.2, 0) is 14.4 Å². The molecular formula is C21H28BrN3O3. The topological polar surface area (TPSA) is 69.7 Å². The van der Waals surface area contributed by atoms with Crippen molar-refractivity contribution in [3.8, 4) is 0 Å². The van der Waals surface area contributed by atoms with Crippen molar-refractivity contribution in [2.45, 2.75) is 39.0 Å². The molecular weight excluding hydrogens is 422 g/mol. The summed E-state index contributed by atoms with van der Waals surface area (Å²) in [5.41, 5.74) is 0.807. The summed E-state index contributed by atoms with van der Waals surface area (Å²) in [6.07, 6.45) is 3.88. The Morgan fingerprint density at radius 1 is 1.25 bits per heavy atom. The fourth-order valence-corrected chi connectivity index (χ4v) is 4.34. The molecule has 2 heterocycles. The predicted octanol–water partition coefficient (Wildman–Crippen LogP) is 2.96. The molecule has 1 aromatic carbocycles. The third-order valence-electron chi connectivity index (χ3n) is 5.53. The van der Waals surface area contributed by atoms with Crippen molar-refractivity contribution in [2.75, 3.05) is 31.1 Å². The molecule has 2 aliphatic heterocycles. The van der Waals surface area contributed by atoms with E-state index < -0.39 is 0 Å². The normalized spacial score (nSPS) is 22.4. The van der Waals surface area contributed by atoms with Crippen molar-refractivity contribution in [1.29, 1.82) is 0 Å². The number of likely N-dealkylation sites (tertiary alicyclic amines) is 1. The fourth-order valence-electron chi connectivity index (χ4n) is 3.95. The summed E-state index contributed by atoms with van der Waals surface area (Å²) in [6, 6.07) is 7.57. The molecule has 2 fully saturated rings. The lowest BCUT2D eigenvalue weighted by atomic mass is 9.95. The summed E-state index contributed by atoms with van der Waals surface area (Å²) in [5.74, 6) is -0.468. The Kier molecular flexibility index (Phi) is 7.10. The molecule has 0 spiro atoms. The van der Waals surface area contributed by atoms with E-state index in [0.717, 1.165) is 35.8 Å². The number of unbranched alkanes of at least 4 members (excludes halogenated alkanes) is 1. The molecule has 2 aliphatic rings. The number of piperidine rings is 1. The number of amides is 3. The van der Waals surface area contributed by atoms with Gasteiger partial charge in [-0.1, -0.05) is 35.3 Å². The molecule has 1 N–H and O–H groups in total. The van der Waals surface area contributed by atoms with Crippen LogP contribution < -0.4 is 10.2 Å². The minimum absolute atomic E-state index is 0.00287. The number of nitrogens with zero attached hydrogens (tertiary/aromatic N) is 2. The minimum Gasteiger partial charge on any atom is -0.356 e. The molecule has 152 valence electrons. The number of anilines is 1. The number of nitrogens with one attached hydrogen (secondary N) is 1. The van der Waals surface area contributed by atoms with E-state index in [1.165, 1.54) is 0 Å². The van der Waals surface area contributed by atoms with Crippen LogP contribution >= 0.6 is 15.9 Å². The molecule has 0 saturated carbocycles. The zero-order valence-electron chi connectivity index (χ0n) is 16.3. The smallest absolute Gasteiger partial charge is 0.228 e. The van der Waals surface area contributed by atoms with E-state index in [9.17, 15) is 14.4 Å². The summed E-state index contributed by atoms with van der Waals surface area (Å²) in [4.78, 5) is 41.3.